The van der Waals surface area contributed by atoms with Gasteiger partial charge in [0.05, 0.1) is 0 Å². The lowest BCUT2D eigenvalue weighted by atomic mass is 10.2. The average molecular weight is 254 g/mol. The minimum absolute atomic E-state index is 0.719. The summed E-state index contributed by atoms with van der Waals surface area (Å²) in [5, 5.41) is 1.44. The number of rotatable bonds is 6. The Morgan fingerprint density at radius 3 is 1.31 bits per heavy atom. The van der Waals surface area contributed by atoms with E-state index in [0.29, 0.717) is 0 Å². The third-order valence-corrected chi connectivity index (χ3v) is 4.52. The van der Waals surface area contributed by atoms with Crippen LogP contribution in [-0.2, 0) is 11.5 Å². The number of hydrogen-bond donors (Lipinski definition) is 0. The summed E-state index contributed by atoms with van der Waals surface area (Å²) in [7, 11) is 0. The van der Waals surface area contributed by atoms with Gasteiger partial charge in [-0.3, -0.25) is 0 Å². The van der Waals surface area contributed by atoms with E-state index in [-0.39, 0.29) is 0 Å². The molecular formula is C14H22S2. The zero-order valence-corrected chi connectivity index (χ0v) is 12.3. The van der Waals surface area contributed by atoms with Crippen molar-refractivity contribution in [2.24, 2.45) is 0 Å². The van der Waals surface area contributed by atoms with E-state index in [2.05, 4.69) is 52.0 Å². The highest BCUT2D eigenvalue weighted by molar-refractivity contribution is 7.99. The van der Waals surface area contributed by atoms with E-state index in [9.17, 15) is 0 Å². The Bertz CT molecular complexity index is 257. The lowest BCUT2D eigenvalue weighted by Crippen LogP contribution is -1.91. The van der Waals surface area contributed by atoms with Gasteiger partial charge in [0.2, 0.25) is 0 Å². The molecule has 0 nitrogen and oxygen atoms in total. The minimum atomic E-state index is 0.719. The van der Waals surface area contributed by atoms with Crippen molar-refractivity contribution >= 4 is 23.5 Å². The zero-order chi connectivity index (χ0) is 12.0. The Labute approximate surface area is 109 Å². The molecule has 0 saturated heterocycles. The Morgan fingerprint density at radius 1 is 0.750 bits per heavy atom. The molecule has 0 aliphatic carbocycles. The number of benzene rings is 1. The molecule has 90 valence electrons. The fraction of sp³-hybridized carbons (Fsp3) is 0.571. The van der Waals surface area contributed by atoms with Crippen LogP contribution < -0.4 is 0 Å². The Kier molecular flexibility index (Phi) is 6.37. The van der Waals surface area contributed by atoms with Gasteiger partial charge in [0.1, 0.15) is 0 Å². The third-order valence-electron chi connectivity index (χ3n) is 2.19. The predicted molar refractivity (Wildman–Crippen MR) is 79.3 cm³/mol. The first-order valence-electron chi connectivity index (χ1n) is 5.89. The molecule has 0 fully saturated rings. The van der Waals surface area contributed by atoms with Gasteiger partial charge >= 0.3 is 0 Å². The standard InChI is InChI=1S/C14H22S2/c1-11(2)15-9-13-5-7-14(8-6-13)10-16-12(3)4/h5-8,11-12H,9-10H2,1-4H3. The molecule has 0 bridgehead atoms. The van der Waals surface area contributed by atoms with E-state index in [1.165, 1.54) is 11.1 Å². The van der Waals surface area contributed by atoms with Gasteiger partial charge in [0, 0.05) is 11.5 Å². The molecule has 1 aromatic carbocycles. The second-order valence-corrected chi connectivity index (χ2v) is 7.67. The van der Waals surface area contributed by atoms with Gasteiger partial charge in [-0.05, 0) is 21.6 Å². The van der Waals surface area contributed by atoms with Crippen LogP contribution in [0.1, 0.15) is 38.8 Å². The molecule has 0 amide bonds. The highest BCUT2D eigenvalue weighted by Gasteiger charge is 1.99. The number of thioether (sulfide) groups is 2. The summed E-state index contributed by atoms with van der Waals surface area (Å²) >= 11 is 4.01. The van der Waals surface area contributed by atoms with E-state index in [1.807, 2.05) is 23.5 Å². The van der Waals surface area contributed by atoms with Gasteiger partial charge in [-0.2, -0.15) is 23.5 Å². The highest BCUT2D eigenvalue weighted by Crippen LogP contribution is 2.20. The molecule has 0 saturated carbocycles. The summed E-state index contributed by atoms with van der Waals surface area (Å²) in [6, 6.07) is 9.08. The van der Waals surface area contributed by atoms with Crippen LogP contribution in [0.3, 0.4) is 0 Å². The molecular weight excluding hydrogens is 232 g/mol. The van der Waals surface area contributed by atoms with Crippen LogP contribution >= 0.6 is 23.5 Å². The summed E-state index contributed by atoms with van der Waals surface area (Å²) in [5.74, 6) is 2.27. The van der Waals surface area contributed by atoms with E-state index in [4.69, 9.17) is 0 Å². The molecule has 16 heavy (non-hydrogen) atoms. The molecule has 1 rings (SSSR count). The zero-order valence-electron chi connectivity index (χ0n) is 10.7. The van der Waals surface area contributed by atoms with Crippen molar-refractivity contribution in [2.45, 2.75) is 49.7 Å². The summed E-state index contributed by atoms with van der Waals surface area (Å²) in [5.41, 5.74) is 2.88. The highest BCUT2D eigenvalue weighted by atomic mass is 32.2. The van der Waals surface area contributed by atoms with Crippen molar-refractivity contribution < 1.29 is 0 Å². The Balaban J connectivity index is 2.41. The van der Waals surface area contributed by atoms with Crippen LogP contribution in [0.4, 0.5) is 0 Å². The average Bonchev–Trinajstić information content (AvgIpc) is 2.25. The van der Waals surface area contributed by atoms with Crippen LogP contribution in [0.5, 0.6) is 0 Å². The molecule has 0 spiro atoms. The SMILES string of the molecule is CC(C)SCc1ccc(CSC(C)C)cc1. The van der Waals surface area contributed by atoms with Crippen molar-refractivity contribution in [1.82, 2.24) is 0 Å². The molecule has 0 atom stereocenters. The van der Waals surface area contributed by atoms with Gasteiger partial charge < -0.3 is 0 Å². The molecule has 0 aliphatic heterocycles. The minimum Gasteiger partial charge on any atom is -0.154 e. The van der Waals surface area contributed by atoms with Crippen molar-refractivity contribution in [3.8, 4) is 0 Å². The third kappa shape index (κ3) is 5.86. The molecule has 0 aliphatic rings. The lowest BCUT2D eigenvalue weighted by Gasteiger charge is -2.07. The topological polar surface area (TPSA) is 0 Å². The molecule has 0 radical (unpaired) electrons. The second-order valence-electron chi connectivity index (χ2n) is 4.54. The van der Waals surface area contributed by atoms with E-state index in [0.717, 1.165) is 22.0 Å². The molecule has 0 N–H and O–H groups in total. The first kappa shape index (κ1) is 14.0. The first-order valence-corrected chi connectivity index (χ1v) is 7.98. The fourth-order valence-electron chi connectivity index (χ4n) is 1.26. The predicted octanol–water partition coefficient (Wildman–Crippen LogP) is 4.97. The molecule has 0 heterocycles. The maximum absolute atomic E-state index is 2.27. The van der Waals surface area contributed by atoms with Crippen molar-refractivity contribution in [3.63, 3.8) is 0 Å². The summed E-state index contributed by atoms with van der Waals surface area (Å²) < 4.78 is 0. The Morgan fingerprint density at radius 2 is 1.06 bits per heavy atom. The molecule has 2 heteroatoms. The van der Waals surface area contributed by atoms with Crippen molar-refractivity contribution in [2.75, 3.05) is 0 Å². The van der Waals surface area contributed by atoms with Gasteiger partial charge in [-0.25, -0.2) is 0 Å². The van der Waals surface area contributed by atoms with Gasteiger partial charge in [0.25, 0.3) is 0 Å². The normalized spacial score (nSPS) is 11.4. The Hall–Kier alpha value is -0.0800. The van der Waals surface area contributed by atoms with Gasteiger partial charge in [-0.1, -0.05) is 52.0 Å². The maximum atomic E-state index is 2.27. The quantitative estimate of drug-likeness (QED) is 0.703. The van der Waals surface area contributed by atoms with Crippen LogP contribution in [0.15, 0.2) is 24.3 Å². The van der Waals surface area contributed by atoms with Crippen molar-refractivity contribution in [3.05, 3.63) is 35.4 Å². The van der Waals surface area contributed by atoms with Crippen LogP contribution in [0.2, 0.25) is 0 Å². The fourth-order valence-corrected chi connectivity index (χ4v) is 2.69. The monoisotopic (exact) mass is 254 g/mol. The van der Waals surface area contributed by atoms with Gasteiger partial charge in [-0.15, -0.1) is 0 Å². The second kappa shape index (κ2) is 7.29. The molecule has 0 unspecified atom stereocenters. The lowest BCUT2D eigenvalue weighted by molar-refractivity contribution is 1.10. The van der Waals surface area contributed by atoms with Crippen LogP contribution in [0, 0.1) is 0 Å². The van der Waals surface area contributed by atoms with Crippen LogP contribution in [0.25, 0.3) is 0 Å². The summed E-state index contributed by atoms with van der Waals surface area (Å²) in [4.78, 5) is 0. The smallest absolute Gasteiger partial charge is 0.0187 e. The molecule has 1 aromatic rings. The maximum Gasteiger partial charge on any atom is 0.0187 e. The largest absolute Gasteiger partial charge is 0.154 e. The van der Waals surface area contributed by atoms with Gasteiger partial charge in [0.15, 0.2) is 0 Å². The van der Waals surface area contributed by atoms with E-state index >= 15 is 0 Å². The van der Waals surface area contributed by atoms with Crippen LogP contribution in [-0.4, -0.2) is 10.5 Å². The van der Waals surface area contributed by atoms with E-state index in [1.54, 1.807) is 0 Å². The van der Waals surface area contributed by atoms with E-state index < -0.39 is 0 Å². The summed E-state index contributed by atoms with van der Waals surface area (Å²) in [6.45, 7) is 8.99. The summed E-state index contributed by atoms with van der Waals surface area (Å²) in [6.07, 6.45) is 0. The number of hydrogen-bond acceptors (Lipinski definition) is 2. The molecule has 0 aromatic heterocycles. The van der Waals surface area contributed by atoms with Crippen molar-refractivity contribution in [1.29, 1.82) is 0 Å². The first-order chi connectivity index (χ1) is 7.58.